The Morgan fingerprint density at radius 2 is 2.00 bits per heavy atom. The lowest BCUT2D eigenvalue weighted by molar-refractivity contribution is -0.120. The van der Waals surface area contributed by atoms with Gasteiger partial charge in [0.15, 0.2) is 6.61 Å². The van der Waals surface area contributed by atoms with Crippen LogP contribution in [0.15, 0.2) is 47.9 Å². The van der Waals surface area contributed by atoms with Crippen LogP contribution in [0.25, 0.3) is 6.08 Å². The molecule has 0 radical (unpaired) electrons. The van der Waals surface area contributed by atoms with Crippen molar-refractivity contribution in [3.05, 3.63) is 58.3 Å². The van der Waals surface area contributed by atoms with Crippen LogP contribution in [0.3, 0.4) is 0 Å². The number of hydrogen-bond donors (Lipinski definition) is 2. The Morgan fingerprint density at radius 3 is 2.63 bits per heavy atom. The first kappa shape index (κ1) is 22.1. The summed E-state index contributed by atoms with van der Waals surface area (Å²) in [5.41, 5.74) is 5.94. The van der Waals surface area contributed by atoms with E-state index in [2.05, 4.69) is 34.7 Å². The molecule has 1 saturated heterocycles. The van der Waals surface area contributed by atoms with Crippen molar-refractivity contribution in [2.45, 2.75) is 25.8 Å². The Bertz CT molecular complexity index is 841. The maximum Gasteiger partial charge on any atom is 0.255 e. The van der Waals surface area contributed by atoms with Crippen LogP contribution in [0.1, 0.15) is 36.2 Å². The highest BCUT2D eigenvalue weighted by atomic mass is 32.1. The van der Waals surface area contributed by atoms with Gasteiger partial charge in [-0.05, 0) is 67.1 Å². The van der Waals surface area contributed by atoms with Crippen molar-refractivity contribution in [3.8, 4) is 5.75 Å². The summed E-state index contributed by atoms with van der Waals surface area (Å²) in [5, 5.41) is 5.15. The molecule has 1 aromatic carbocycles. The van der Waals surface area contributed by atoms with E-state index in [0.29, 0.717) is 12.3 Å². The number of likely N-dealkylation sites (tertiary alicyclic amines) is 1. The third-order valence-corrected chi connectivity index (χ3v) is 6.26. The van der Waals surface area contributed by atoms with E-state index in [1.807, 2.05) is 12.1 Å². The predicted octanol–water partition coefficient (Wildman–Crippen LogP) is 3.21. The van der Waals surface area contributed by atoms with Crippen molar-refractivity contribution in [1.82, 2.24) is 10.2 Å². The molecule has 2 heterocycles. The van der Waals surface area contributed by atoms with Crippen LogP contribution >= 0.6 is 11.3 Å². The topological polar surface area (TPSA) is 84.7 Å². The van der Waals surface area contributed by atoms with Crippen molar-refractivity contribution in [3.63, 3.8) is 0 Å². The Kier molecular flexibility index (Phi) is 8.04. The number of ether oxygens (including phenoxy) is 1. The number of nitrogens with one attached hydrogen (secondary N) is 1. The fraction of sp³-hybridized carbons (Fsp3) is 0.391. The van der Waals surface area contributed by atoms with E-state index in [1.54, 1.807) is 35.6 Å². The number of carbonyl (C=O) groups excluding carboxylic acids is 2. The zero-order valence-corrected chi connectivity index (χ0v) is 18.1. The van der Waals surface area contributed by atoms with Crippen LogP contribution in [-0.2, 0) is 9.59 Å². The summed E-state index contributed by atoms with van der Waals surface area (Å²) in [6.45, 7) is 4.89. The lowest BCUT2D eigenvalue weighted by Gasteiger charge is -2.36. The zero-order chi connectivity index (χ0) is 21.3. The Labute approximate surface area is 181 Å². The molecule has 0 bridgehead atoms. The molecule has 3 rings (SSSR count). The summed E-state index contributed by atoms with van der Waals surface area (Å²) < 4.78 is 5.23. The normalized spacial score (nSPS) is 16.4. The Morgan fingerprint density at radius 1 is 1.27 bits per heavy atom. The molecular formula is C23H29N3O3S. The minimum absolute atomic E-state index is 0.115. The lowest BCUT2D eigenvalue weighted by Crippen LogP contribution is -2.41. The highest BCUT2D eigenvalue weighted by Gasteiger charge is 2.25. The molecule has 0 spiro atoms. The van der Waals surface area contributed by atoms with Gasteiger partial charge < -0.3 is 15.8 Å². The summed E-state index contributed by atoms with van der Waals surface area (Å²) in [6.07, 6.45) is 5.71. The summed E-state index contributed by atoms with van der Waals surface area (Å²) in [6, 6.07) is 11.6. The average molecular weight is 428 g/mol. The molecule has 30 heavy (non-hydrogen) atoms. The first-order chi connectivity index (χ1) is 14.5. The van der Waals surface area contributed by atoms with Gasteiger partial charge in [-0.1, -0.05) is 25.1 Å². The maximum atomic E-state index is 12.4. The number of hydrogen-bond acceptors (Lipinski definition) is 5. The molecule has 2 aromatic rings. The number of carbonyl (C=O) groups is 2. The quantitative estimate of drug-likeness (QED) is 0.602. The fourth-order valence-corrected chi connectivity index (χ4v) is 4.35. The Hall–Kier alpha value is -2.64. The van der Waals surface area contributed by atoms with Gasteiger partial charge in [-0.3, -0.25) is 14.5 Å². The van der Waals surface area contributed by atoms with Gasteiger partial charge in [-0.2, -0.15) is 0 Å². The second-order valence-corrected chi connectivity index (χ2v) is 8.63. The van der Waals surface area contributed by atoms with Crippen molar-refractivity contribution < 1.29 is 14.3 Å². The minimum atomic E-state index is -0.518. The molecule has 3 N–H and O–H groups in total. The number of benzene rings is 1. The highest BCUT2D eigenvalue weighted by Crippen LogP contribution is 2.29. The van der Waals surface area contributed by atoms with Crippen LogP contribution in [-0.4, -0.2) is 43.0 Å². The second-order valence-electron chi connectivity index (χ2n) is 7.65. The molecule has 1 aliphatic heterocycles. The number of primary amides is 1. The number of thiophene rings is 1. The van der Waals surface area contributed by atoms with Gasteiger partial charge in [0, 0.05) is 17.5 Å². The summed E-state index contributed by atoms with van der Waals surface area (Å²) >= 11 is 1.74. The third-order valence-electron chi connectivity index (χ3n) is 5.29. The first-order valence-electron chi connectivity index (χ1n) is 10.3. The maximum absolute atomic E-state index is 12.4. The Balaban J connectivity index is 1.53. The molecule has 0 aliphatic carbocycles. The average Bonchev–Trinajstić information content (AvgIpc) is 3.27. The van der Waals surface area contributed by atoms with E-state index in [1.165, 1.54) is 17.7 Å². The van der Waals surface area contributed by atoms with Gasteiger partial charge >= 0.3 is 0 Å². The van der Waals surface area contributed by atoms with Gasteiger partial charge in [0.1, 0.15) is 5.75 Å². The molecule has 1 aromatic heterocycles. The predicted molar refractivity (Wildman–Crippen MR) is 120 cm³/mol. The molecule has 160 valence electrons. The van der Waals surface area contributed by atoms with Crippen LogP contribution in [0.2, 0.25) is 0 Å². The molecule has 1 aliphatic rings. The SMILES string of the molecule is CC1CCN(C(CNC(=O)/C=C/c2ccc(OCC(N)=O)cc2)c2cccs2)CC1. The van der Waals surface area contributed by atoms with Crippen molar-refractivity contribution in [2.24, 2.45) is 11.7 Å². The molecule has 0 saturated carbocycles. The first-order valence-corrected chi connectivity index (χ1v) is 11.1. The fourth-order valence-electron chi connectivity index (χ4n) is 3.49. The minimum Gasteiger partial charge on any atom is -0.484 e. The van der Waals surface area contributed by atoms with E-state index in [9.17, 15) is 9.59 Å². The van der Waals surface area contributed by atoms with Gasteiger partial charge in [0.2, 0.25) is 5.91 Å². The molecule has 1 unspecified atom stereocenters. The smallest absolute Gasteiger partial charge is 0.255 e. The van der Waals surface area contributed by atoms with Crippen molar-refractivity contribution >= 4 is 29.2 Å². The number of piperidine rings is 1. The van der Waals surface area contributed by atoms with E-state index in [4.69, 9.17) is 10.5 Å². The molecule has 6 nitrogen and oxygen atoms in total. The number of nitrogens with two attached hydrogens (primary N) is 1. The largest absolute Gasteiger partial charge is 0.484 e. The van der Waals surface area contributed by atoms with Crippen molar-refractivity contribution in [1.29, 1.82) is 0 Å². The monoisotopic (exact) mass is 427 g/mol. The molecular weight excluding hydrogens is 398 g/mol. The van der Waals surface area contributed by atoms with Gasteiger partial charge in [0.05, 0.1) is 6.04 Å². The molecule has 2 amide bonds. The second kappa shape index (κ2) is 10.9. The molecule has 7 heteroatoms. The van der Waals surface area contributed by atoms with Crippen LogP contribution in [0.4, 0.5) is 0 Å². The summed E-state index contributed by atoms with van der Waals surface area (Å²) in [7, 11) is 0. The highest BCUT2D eigenvalue weighted by molar-refractivity contribution is 7.10. The summed E-state index contributed by atoms with van der Waals surface area (Å²) in [4.78, 5) is 26.9. The van der Waals surface area contributed by atoms with E-state index in [0.717, 1.165) is 24.6 Å². The lowest BCUT2D eigenvalue weighted by atomic mass is 9.97. The number of amides is 2. The zero-order valence-electron chi connectivity index (χ0n) is 17.3. The standard InChI is InChI=1S/C23H29N3O3S/c1-17-10-12-26(13-11-17)20(21-3-2-14-30-21)15-25-23(28)9-6-18-4-7-19(8-5-18)29-16-22(24)27/h2-9,14,17,20H,10-13,15-16H2,1H3,(H2,24,27)(H,25,28)/b9-6+. The molecule has 1 fully saturated rings. The van der Waals surface area contributed by atoms with E-state index >= 15 is 0 Å². The van der Waals surface area contributed by atoms with Crippen molar-refractivity contribution in [2.75, 3.05) is 26.2 Å². The van der Waals surface area contributed by atoms with Crippen LogP contribution in [0.5, 0.6) is 5.75 Å². The number of nitrogens with zero attached hydrogens (tertiary/aromatic N) is 1. The van der Waals surface area contributed by atoms with Gasteiger partial charge in [-0.15, -0.1) is 11.3 Å². The third kappa shape index (κ3) is 6.71. The number of rotatable bonds is 9. The van der Waals surface area contributed by atoms with E-state index < -0.39 is 5.91 Å². The van der Waals surface area contributed by atoms with Gasteiger partial charge in [0.25, 0.3) is 5.91 Å². The summed E-state index contributed by atoms with van der Waals surface area (Å²) in [5.74, 6) is 0.701. The molecule has 1 atom stereocenters. The van der Waals surface area contributed by atoms with Crippen LogP contribution < -0.4 is 15.8 Å². The van der Waals surface area contributed by atoms with E-state index in [-0.39, 0.29) is 18.6 Å². The van der Waals surface area contributed by atoms with Crippen LogP contribution in [0, 0.1) is 5.92 Å². The van der Waals surface area contributed by atoms with Gasteiger partial charge in [-0.25, -0.2) is 0 Å².